The van der Waals surface area contributed by atoms with E-state index in [1.165, 1.54) is 0 Å². The quantitative estimate of drug-likeness (QED) is 0.551. The molecule has 3 atom stereocenters. The lowest BCUT2D eigenvalue weighted by atomic mass is 10.0. The molecule has 0 aromatic rings. The molecule has 0 N–H and O–H groups in total. The van der Waals surface area contributed by atoms with E-state index in [0.29, 0.717) is 6.10 Å². The fourth-order valence-corrected chi connectivity index (χ4v) is 3.33. The van der Waals surface area contributed by atoms with Crippen LogP contribution in [0.3, 0.4) is 0 Å². The predicted octanol–water partition coefficient (Wildman–Crippen LogP) is 3.96. The number of epoxide rings is 1. The molecule has 1 aliphatic heterocycles. The van der Waals surface area contributed by atoms with Crippen molar-refractivity contribution < 1.29 is 9.16 Å². The summed E-state index contributed by atoms with van der Waals surface area (Å²) in [4.78, 5) is 0. The molecule has 3 heteroatoms. The topological polar surface area (TPSA) is 21.8 Å². The standard InChI is InChI=1S/C13H28O2Si/c1-9-11-13(6,14-11)10(2)15-16(7,8)12(3,4)5/h10-11H,9H2,1-8H3/t10-,11-,13+/m0/s1. The van der Waals surface area contributed by atoms with E-state index in [4.69, 9.17) is 9.16 Å². The molecule has 96 valence electrons. The second kappa shape index (κ2) is 4.11. The molecule has 0 radical (unpaired) electrons. The van der Waals surface area contributed by atoms with E-state index in [9.17, 15) is 0 Å². The first kappa shape index (κ1) is 14.2. The normalized spacial score (nSPS) is 32.6. The Labute approximate surface area is 102 Å². The van der Waals surface area contributed by atoms with Crippen LogP contribution in [0.4, 0.5) is 0 Å². The zero-order chi connectivity index (χ0) is 12.8. The first-order valence-electron chi connectivity index (χ1n) is 6.40. The van der Waals surface area contributed by atoms with Gasteiger partial charge in [0.25, 0.3) is 0 Å². The molecule has 0 spiro atoms. The Balaban J connectivity index is 2.62. The van der Waals surface area contributed by atoms with Crippen molar-refractivity contribution in [1.29, 1.82) is 0 Å². The van der Waals surface area contributed by atoms with Crippen LogP contribution in [0.15, 0.2) is 0 Å². The molecule has 16 heavy (non-hydrogen) atoms. The summed E-state index contributed by atoms with van der Waals surface area (Å²) >= 11 is 0. The first-order chi connectivity index (χ1) is 7.04. The first-order valence-corrected chi connectivity index (χ1v) is 9.31. The van der Waals surface area contributed by atoms with Gasteiger partial charge in [-0.05, 0) is 38.4 Å². The van der Waals surface area contributed by atoms with Gasteiger partial charge in [-0.25, -0.2) is 0 Å². The van der Waals surface area contributed by atoms with Crippen LogP contribution in [0.1, 0.15) is 48.0 Å². The van der Waals surface area contributed by atoms with Crippen LogP contribution < -0.4 is 0 Å². The lowest BCUT2D eigenvalue weighted by Crippen LogP contribution is -2.47. The van der Waals surface area contributed by atoms with E-state index in [0.717, 1.165) is 6.42 Å². The van der Waals surface area contributed by atoms with Gasteiger partial charge in [-0.2, -0.15) is 0 Å². The number of hydrogen-bond acceptors (Lipinski definition) is 2. The third-order valence-electron chi connectivity index (χ3n) is 4.43. The maximum Gasteiger partial charge on any atom is 0.192 e. The Morgan fingerprint density at radius 3 is 2.19 bits per heavy atom. The average Bonchev–Trinajstić information content (AvgIpc) is 2.76. The van der Waals surface area contributed by atoms with Crippen molar-refractivity contribution in [1.82, 2.24) is 0 Å². The smallest absolute Gasteiger partial charge is 0.192 e. The van der Waals surface area contributed by atoms with E-state index in [1.807, 2.05) is 0 Å². The summed E-state index contributed by atoms with van der Waals surface area (Å²) in [5.74, 6) is 0. The van der Waals surface area contributed by atoms with Gasteiger partial charge in [0.1, 0.15) is 5.60 Å². The highest BCUT2D eigenvalue weighted by molar-refractivity contribution is 6.74. The molecular weight excluding hydrogens is 216 g/mol. The van der Waals surface area contributed by atoms with Gasteiger partial charge in [0.2, 0.25) is 0 Å². The fourth-order valence-electron chi connectivity index (χ4n) is 1.85. The van der Waals surface area contributed by atoms with Crippen molar-refractivity contribution in [3.63, 3.8) is 0 Å². The molecule has 0 aliphatic carbocycles. The summed E-state index contributed by atoms with van der Waals surface area (Å²) in [7, 11) is -1.66. The van der Waals surface area contributed by atoms with Crippen LogP contribution in [0.25, 0.3) is 0 Å². The van der Waals surface area contributed by atoms with E-state index in [2.05, 4.69) is 54.6 Å². The highest BCUT2D eigenvalue weighted by atomic mass is 28.4. The Bertz CT molecular complexity index is 257. The summed E-state index contributed by atoms with van der Waals surface area (Å²) < 4.78 is 12.1. The van der Waals surface area contributed by atoms with Crippen LogP contribution in [0.5, 0.6) is 0 Å². The second-order valence-electron chi connectivity index (χ2n) is 6.72. The second-order valence-corrected chi connectivity index (χ2v) is 11.5. The molecule has 0 amide bonds. The Morgan fingerprint density at radius 1 is 1.38 bits per heavy atom. The largest absolute Gasteiger partial charge is 0.411 e. The molecule has 1 heterocycles. The molecule has 0 aromatic heterocycles. The zero-order valence-corrected chi connectivity index (χ0v) is 13.2. The van der Waals surface area contributed by atoms with Crippen molar-refractivity contribution in [2.75, 3.05) is 0 Å². The molecule has 0 bridgehead atoms. The van der Waals surface area contributed by atoms with Crippen molar-refractivity contribution >= 4 is 8.32 Å². The monoisotopic (exact) mass is 244 g/mol. The lowest BCUT2D eigenvalue weighted by Gasteiger charge is -2.39. The highest BCUT2D eigenvalue weighted by Crippen LogP contribution is 2.46. The summed E-state index contributed by atoms with van der Waals surface area (Å²) in [6.45, 7) is 18.0. The molecule has 0 aromatic carbocycles. The van der Waals surface area contributed by atoms with Crippen LogP contribution in [-0.4, -0.2) is 26.1 Å². The number of rotatable bonds is 4. The van der Waals surface area contributed by atoms with Gasteiger partial charge in [0, 0.05) is 0 Å². The SMILES string of the molecule is CC[C@@H]1O[C@]1(C)[C@H](C)O[Si](C)(C)C(C)(C)C. The minimum atomic E-state index is -1.66. The van der Waals surface area contributed by atoms with Crippen LogP contribution in [0.2, 0.25) is 18.1 Å². The Morgan fingerprint density at radius 2 is 1.88 bits per heavy atom. The molecular formula is C13H28O2Si. The summed E-state index contributed by atoms with van der Waals surface area (Å²) in [5, 5.41) is 0.272. The van der Waals surface area contributed by atoms with Crippen LogP contribution in [0, 0.1) is 0 Å². The molecule has 1 fully saturated rings. The van der Waals surface area contributed by atoms with Gasteiger partial charge in [-0.1, -0.05) is 27.7 Å². The minimum absolute atomic E-state index is 0.0374. The molecule has 1 saturated heterocycles. The Kier molecular flexibility index (Phi) is 3.65. The molecule has 0 unspecified atom stereocenters. The van der Waals surface area contributed by atoms with Crippen LogP contribution in [-0.2, 0) is 9.16 Å². The van der Waals surface area contributed by atoms with Crippen molar-refractivity contribution in [3.8, 4) is 0 Å². The molecule has 2 nitrogen and oxygen atoms in total. The maximum atomic E-state index is 6.38. The van der Waals surface area contributed by atoms with Crippen molar-refractivity contribution in [3.05, 3.63) is 0 Å². The van der Waals surface area contributed by atoms with Gasteiger partial charge in [0.15, 0.2) is 8.32 Å². The van der Waals surface area contributed by atoms with Gasteiger partial charge in [-0.15, -0.1) is 0 Å². The van der Waals surface area contributed by atoms with E-state index in [-0.39, 0.29) is 16.7 Å². The summed E-state index contributed by atoms with van der Waals surface area (Å²) in [6, 6.07) is 0. The minimum Gasteiger partial charge on any atom is -0.411 e. The fraction of sp³-hybridized carbons (Fsp3) is 1.00. The van der Waals surface area contributed by atoms with Gasteiger partial charge in [0.05, 0.1) is 12.2 Å². The number of ether oxygens (including phenoxy) is 1. The Hall–Kier alpha value is 0.137. The zero-order valence-electron chi connectivity index (χ0n) is 12.2. The van der Waals surface area contributed by atoms with E-state index < -0.39 is 8.32 Å². The third kappa shape index (κ3) is 2.52. The molecule has 1 aliphatic rings. The predicted molar refractivity (Wildman–Crippen MR) is 71.3 cm³/mol. The molecule has 1 rings (SSSR count). The van der Waals surface area contributed by atoms with E-state index >= 15 is 0 Å². The maximum absolute atomic E-state index is 6.38. The van der Waals surface area contributed by atoms with Crippen LogP contribution >= 0.6 is 0 Å². The average molecular weight is 244 g/mol. The van der Waals surface area contributed by atoms with Gasteiger partial charge in [-0.3, -0.25) is 0 Å². The van der Waals surface area contributed by atoms with E-state index in [1.54, 1.807) is 0 Å². The van der Waals surface area contributed by atoms with Crippen molar-refractivity contribution in [2.24, 2.45) is 0 Å². The summed E-state index contributed by atoms with van der Waals surface area (Å²) in [5.41, 5.74) is -0.0374. The molecule has 0 saturated carbocycles. The number of hydrogen-bond donors (Lipinski definition) is 0. The summed E-state index contributed by atoms with van der Waals surface area (Å²) in [6.07, 6.45) is 1.69. The van der Waals surface area contributed by atoms with Crippen molar-refractivity contribution in [2.45, 2.75) is 83.9 Å². The lowest BCUT2D eigenvalue weighted by molar-refractivity contribution is 0.108. The highest BCUT2D eigenvalue weighted by Gasteiger charge is 2.57. The van der Waals surface area contributed by atoms with Gasteiger partial charge >= 0.3 is 0 Å². The van der Waals surface area contributed by atoms with Gasteiger partial charge < -0.3 is 9.16 Å². The third-order valence-corrected chi connectivity index (χ3v) is 8.99.